The molecule has 2 aliphatic rings. The van der Waals surface area contributed by atoms with Crippen LogP contribution in [0.15, 0.2) is 0 Å². The van der Waals surface area contributed by atoms with E-state index in [0.717, 1.165) is 19.1 Å². The van der Waals surface area contributed by atoms with E-state index in [4.69, 9.17) is 4.74 Å². The first-order valence-electron chi connectivity index (χ1n) is 5.34. The molecular formula is C10H19NOS. The zero-order valence-electron chi connectivity index (χ0n) is 8.13. The molecule has 13 heavy (non-hydrogen) atoms. The highest BCUT2D eigenvalue weighted by molar-refractivity contribution is 7.99. The average molecular weight is 201 g/mol. The zero-order valence-corrected chi connectivity index (χ0v) is 8.94. The van der Waals surface area contributed by atoms with Crippen LogP contribution in [0.5, 0.6) is 0 Å². The molecule has 0 saturated carbocycles. The fourth-order valence-corrected chi connectivity index (χ4v) is 3.18. The van der Waals surface area contributed by atoms with Gasteiger partial charge in [-0.05, 0) is 43.2 Å². The van der Waals surface area contributed by atoms with Gasteiger partial charge in [-0.25, -0.2) is 0 Å². The van der Waals surface area contributed by atoms with Gasteiger partial charge in [-0.1, -0.05) is 0 Å². The van der Waals surface area contributed by atoms with Crippen LogP contribution in [0.4, 0.5) is 0 Å². The van der Waals surface area contributed by atoms with Crippen molar-refractivity contribution >= 4 is 11.8 Å². The molecule has 0 amide bonds. The second-order valence-electron chi connectivity index (χ2n) is 4.02. The van der Waals surface area contributed by atoms with E-state index in [0.29, 0.717) is 6.04 Å². The van der Waals surface area contributed by atoms with Crippen LogP contribution in [0.25, 0.3) is 0 Å². The first-order chi connectivity index (χ1) is 6.45. The van der Waals surface area contributed by atoms with Crippen LogP contribution in [0.1, 0.15) is 19.3 Å². The highest BCUT2D eigenvalue weighted by atomic mass is 32.2. The molecule has 1 N–H and O–H groups in total. The van der Waals surface area contributed by atoms with Gasteiger partial charge in [-0.3, -0.25) is 0 Å². The Labute approximate surface area is 84.8 Å². The van der Waals surface area contributed by atoms with E-state index in [1.54, 1.807) is 0 Å². The van der Waals surface area contributed by atoms with Crippen molar-refractivity contribution in [3.63, 3.8) is 0 Å². The third-order valence-electron chi connectivity index (χ3n) is 2.97. The van der Waals surface area contributed by atoms with Gasteiger partial charge in [0.25, 0.3) is 0 Å². The van der Waals surface area contributed by atoms with E-state index in [9.17, 15) is 0 Å². The summed E-state index contributed by atoms with van der Waals surface area (Å²) in [6, 6.07) is 0.648. The van der Waals surface area contributed by atoms with Crippen molar-refractivity contribution in [2.24, 2.45) is 5.92 Å². The van der Waals surface area contributed by atoms with Gasteiger partial charge in [0.05, 0.1) is 6.61 Å². The summed E-state index contributed by atoms with van der Waals surface area (Å²) in [5, 5.41) is 3.62. The zero-order chi connectivity index (χ0) is 8.93. The van der Waals surface area contributed by atoms with Gasteiger partial charge in [-0.2, -0.15) is 11.8 Å². The van der Waals surface area contributed by atoms with Gasteiger partial charge in [0, 0.05) is 12.6 Å². The summed E-state index contributed by atoms with van der Waals surface area (Å²) in [6.45, 7) is 3.11. The van der Waals surface area contributed by atoms with Crippen molar-refractivity contribution < 1.29 is 4.74 Å². The molecule has 2 aliphatic heterocycles. The predicted molar refractivity (Wildman–Crippen MR) is 57.3 cm³/mol. The van der Waals surface area contributed by atoms with Gasteiger partial charge in [-0.15, -0.1) is 0 Å². The molecule has 2 saturated heterocycles. The molecule has 3 heteroatoms. The summed E-state index contributed by atoms with van der Waals surface area (Å²) in [7, 11) is 0. The third kappa shape index (κ3) is 3.15. The van der Waals surface area contributed by atoms with Crippen molar-refractivity contribution in [3.8, 4) is 0 Å². The summed E-state index contributed by atoms with van der Waals surface area (Å²) < 4.78 is 5.33. The molecule has 0 radical (unpaired) electrons. The molecule has 2 heterocycles. The summed E-state index contributed by atoms with van der Waals surface area (Å²) in [5.41, 5.74) is 0. The number of rotatable bonds is 3. The lowest BCUT2D eigenvalue weighted by Gasteiger charge is -2.23. The van der Waals surface area contributed by atoms with Crippen molar-refractivity contribution in [2.45, 2.75) is 25.3 Å². The monoisotopic (exact) mass is 201 g/mol. The highest BCUT2D eigenvalue weighted by Gasteiger charge is 2.18. The fourth-order valence-electron chi connectivity index (χ4n) is 1.98. The second kappa shape index (κ2) is 5.23. The van der Waals surface area contributed by atoms with Crippen molar-refractivity contribution in [1.82, 2.24) is 5.32 Å². The Bertz CT molecular complexity index is 142. The molecule has 0 aromatic rings. The topological polar surface area (TPSA) is 21.3 Å². The van der Waals surface area contributed by atoms with E-state index < -0.39 is 0 Å². The van der Waals surface area contributed by atoms with Gasteiger partial charge < -0.3 is 10.1 Å². The Kier molecular flexibility index (Phi) is 3.94. The smallest absolute Gasteiger partial charge is 0.0620 e. The summed E-state index contributed by atoms with van der Waals surface area (Å²) in [4.78, 5) is 0. The number of ether oxygens (including phenoxy) is 1. The van der Waals surface area contributed by atoms with Crippen LogP contribution in [0.2, 0.25) is 0 Å². The number of hydrogen-bond acceptors (Lipinski definition) is 3. The maximum Gasteiger partial charge on any atom is 0.0620 e. The fraction of sp³-hybridized carbons (Fsp3) is 1.00. The molecule has 0 bridgehead atoms. The van der Waals surface area contributed by atoms with Gasteiger partial charge in [0.15, 0.2) is 0 Å². The van der Waals surface area contributed by atoms with Crippen molar-refractivity contribution in [3.05, 3.63) is 0 Å². The Balaban J connectivity index is 1.60. The van der Waals surface area contributed by atoms with Crippen LogP contribution in [-0.2, 0) is 4.74 Å². The summed E-state index contributed by atoms with van der Waals surface area (Å²) >= 11 is 2.10. The second-order valence-corrected chi connectivity index (χ2v) is 5.25. The molecule has 76 valence electrons. The molecule has 0 aliphatic carbocycles. The molecule has 2 nitrogen and oxygen atoms in total. The lowest BCUT2D eigenvalue weighted by atomic mass is 10.0. The first-order valence-corrected chi connectivity index (χ1v) is 6.49. The molecular weight excluding hydrogens is 182 g/mol. The number of hydrogen-bond donors (Lipinski definition) is 1. The maximum absolute atomic E-state index is 5.33. The maximum atomic E-state index is 5.33. The minimum absolute atomic E-state index is 0.648. The minimum atomic E-state index is 0.648. The van der Waals surface area contributed by atoms with E-state index in [-0.39, 0.29) is 0 Å². The molecule has 1 atom stereocenters. The van der Waals surface area contributed by atoms with E-state index >= 15 is 0 Å². The van der Waals surface area contributed by atoms with Crippen LogP contribution in [0.3, 0.4) is 0 Å². The number of thioether (sulfide) groups is 1. The first kappa shape index (κ1) is 9.81. The Morgan fingerprint density at radius 1 is 1.23 bits per heavy atom. The SMILES string of the molecule is C1CC(NCC2CCSCC2)CO1. The Morgan fingerprint density at radius 2 is 2.08 bits per heavy atom. The predicted octanol–water partition coefficient (Wildman–Crippen LogP) is 1.51. The van der Waals surface area contributed by atoms with Crippen molar-refractivity contribution in [1.29, 1.82) is 0 Å². The number of nitrogens with one attached hydrogen (secondary N) is 1. The van der Waals surface area contributed by atoms with Gasteiger partial charge in [0.2, 0.25) is 0 Å². The van der Waals surface area contributed by atoms with Crippen LogP contribution in [-0.4, -0.2) is 37.3 Å². The molecule has 0 aromatic carbocycles. The molecule has 0 aromatic heterocycles. The molecule has 1 unspecified atom stereocenters. The molecule has 0 spiro atoms. The van der Waals surface area contributed by atoms with Crippen LogP contribution in [0, 0.1) is 5.92 Å². The van der Waals surface area contributed by atoms with Crippen molar-refractivity contribution in [2.75, 3.05) is 31.3 Å². The third-order valence-corrected chi connectivity index (χ3v) is 4.01. The van der Waals surface area contributed by atoms with Gasteiger partial charge >= 0.3 is 0 Å². The lowest BCUT2D eigenvalue weighted by molar-refractivity contribution is 0.189. The van der Waals surface area contributed by atoms with Gasteiger partial charge in [0.1, 0.15) is 0 Å². The molecule has 2 fully saturated rings. The summed E-state index contributed by atoms with van der Waals surface area (Å²) in [6.07, 6.45) is 4.03. The standard InChI is InChI=1S/C10H19NOS/c1-4-12-8-10(1)11-7-9-2-5-13-6-3-9/h9-11H,1-8H2. The normalized spacial score (nSPS) is 30.9. The van der Waals surface area contributed by atoms with Crippen LogP contribution < -0.4 is 5.32 Å². The average Bonchev–Trinajstić information content (AvgIpc) is 2.69. The Hall–Kier alpha value is 0.270. The quantitative estimate of drug-likeness (QED) is 0.748. The Morgan fingerprint density at radius 3 is 2.77 bits per heavy atom. The molecule has 2 rings (SSSR count). The lowest BCUT2D eigenvalue weighted by Crippen LogP contribution is -2.34. The largest absolute Gasteiger partial charge is 0.380 e. The van der Waals surface area contributed by atoms with E-state index in [1.807, 2.05) is 0 Å². The van der Waals surface area contributed by atoms with E-state index in [2.05, 4.69) is 17.1 Å². The van der Waals surface area contributed by atoms with Crippen LogP contribution >= 0.6 is 11.8 Å². The minimum Gasteiger partial charge on any atom is -0.380 e. The summed E-state index contributed by atoms with van der Waals surface area (Å²) in [5.74, 6) is 3.67. The highest BCUT2D eigenvalue weighted by Crippen LogP contribution is 2.22. The van der Waals surface area contributed by atoms with E-state index in [1.165, 1.54) is 37.3 Å².